The first kappa shape index (κ1) is 16.5. The quantitative estimate of drug-likeness (QED) is 0.941. The lowest BCUT2D eigenvalue weighted by Crippen LogP contribution is -2.42. The number of carbonyl (C=O) groups is 1. The molecule has 1 saturated heterocycles. The number of halogens is 1. The molecule has 3 rings (SSSR count). The molecule has 1 fully saturated rings. The van der Waals surface area contributed by atoms with E-state index >= 15 is 0 Å². The number of hydrogen-bond donors (Lipinski definition) is 1. The van der Waals surface area contributed by atoms with Crippen molar-refractivity contribution >= 4 is 5.91 Å². The number of likely N-dealkylation sites (tertiary alicyclic amines) is 1. The van der Waals surface area contributed by atoms with Crippen molar-refractivity contribution in [3.8, 4) is 16.9 Å². The van der Waals surface area contributed by atoms with Crippen LogP contribution in [0.1, 0.15) is 23.2 Å². The van der Waals surface area contributed by atoms with Gasteiger partial charge in [-0.05, 0) is 42.7 Å². The summed E-state index contributed by atoms with van der Waals surface area (Å²) in [4.78, 5) is 14.3. The van der Waals surface area contributed by atoms with Crippen molar-refractivity contribution in [2.24, 2.45) is 0 Å². The average molecular weight is 329 g/mol. The fourth-order valence-corrected chi connectivity index (χ4v) is 3.00. The van der Waals surface area contributed by atoms with E-state index in [0.29, 0.717) is 35.5 Å². The summed E-state index contributed by atoms with van der Waals surface area (Å²) in [6.07, 6.45) is 1.05. The summed E-state index contributed by atoms with van der Waals surface area (Å²) in [5.74, 6) is -0.0809. The number of rotatable bonds is 3. The molecule has 5 heteroatoms. The summed E-state index contributed by atoms with van der Waals surface area (Å²) in [5.41, 5.74) is 1.56. The van der Waals surface area contributed by atoms with Crippen LogP contribution in [0.3, 0.4) is 0 Å². The number of nitrogens with zero attached hydrogens (tertiary/aromatic N) is 1. The fourth-order valence-electron chi connectivity index (χ4n) is 3.00. The predicted molar refractivity (Wildman–Crippen MR) is 89.5 cm³/mol. The number of ether oxygens (including phenoxy) is 1. The topological polar surface area (TPSA) is 49.8 Å². The third-order valence-electron chi connectivity index (χ3n) is 4.28. The average Bonchev–Trinajstić information content (AvgIpc) is 2.61. The fraction of sp³-hybridized carbons (Fsp3) is 0.316. The molecule has 0 unspecified atom stereocenters. The molecule has 2 aromatic rings. The zero-order chi connectivity index (χ0) is 17.1. The number of aliphatic hydroxyl groups excluding tert-OH is 1. The molecule has 1 heterocycles. The van der Waals surface area contributed by atoms with Gasteiger partial charge < -0.3 is 14.7 Å². The highest BCUT2D eigenvalue weighted by Gasteiger charge is 2.23. The third-order valence-corrected chi connectivity index (χ3v) is 4.28. The Morgan fingerprint density at radius 2 is 2.12 bits per heavy atom. The van der Waals surface area contributed by atoms with Crippen LogP contribution in [0.2, 0.25) is 0 Å². The Morgan fingerprint density at radius 3 is 2.83 bits per heavy atom. The summed E-state index contributed by atoms with van der Waals surface area (Å²) in [5, 5.41) is 9.74. The first-order chi connectivity index (χ1) is 11.6. The van der Waals surface area contributed by atoms with Gasteiger partial charge in [-0.2, -0.15) is 0 Å². The SMILES string of the molecule is COc1ccc(-c2cccc(C(=O)N3CCC[C@@H](O)C3)c2)c(F)c1. The van der Waals surface area contributed by atoms with Crippen molar-refractivity contribution < 1.29 is 19.0 Å². The van der Waals surface area contributed by atoms with E-state index in [0.717, 1.165) is 12.8 Å². The highest BCUT2D eigenvalue weighted by Crippen LogP contribution is 2.27. The van der Waals surface area contributed by atoms with E-state index in [4.69, 9.17) is 4.74 Å². The Bertz CT molecular complexity index is 747. The minimum absolute atomic E-state index is 0.135. The molecule has 126 valence electrons. The Morgan fingerprint density at radius 1 is 1.29 bits per heavy atom. The van der Waals surface area contributed by atoms with Gasteiger partial charge in [-0.15, -0.1) is 0 Å². The predicted octanol–water partition coefficient (Wildman–Crippen LogP) is 3.10. The van der Waals surface area contributed by atoms with Crippen molar-refractivity contribution in [2.75, 3.05) is 20.2 Å². The molecule has 0 bridgehead atoms. The second kappa shape index (κ2) is 7.01. The van der Waals surface area contributed by atoms with Crippen LogP contribution in [0.15, 0.2) is 42.5 Å². The molecule has 1 N–H and O–H groups in total. The van der Waals surface area contributed by atoms with Crippen molar-refractivity contribution in [2.45, 2.75) is 18.9 Å². The van der Waals surface area contributed by atoms with Crippen LogP contribution in [-0.2, 0) is 0 Å². The van der Waals surface area contributed by atoms with Crippen molar-refractivity contribution in [3.05, 3.63) is 53.8 Å². The second-order valence-corrected chi connectivity index (χ2v) is 5.97. The summed E-state index contributed by atoms with van der Waals surface area (Å²) < 4.78 is 19.3. The number of amides is 1. The van der Waals surface area contributed by atoms with E-state index in [1.165, 1.54) is 13.2 Å². The molecule has 0 spiro atoms. The summed E-state index contributed by atoms with van der Waals surface area (Å²) in [6.45, 7) is 0.983. The minimum atomic E-state index is -0.468. The maximum atomic E-state index is 14.3. The number of methoxy groups -OCH3 is 1. The normalized spacial score (nSPS) is 17.6. The number of benzene rings is 2. The molecule has 0 saturated carbocycles. The van der Waals surface area contributed by atoms with E-state index in [2.05, 4.69) is 0 Å². The molecule has 1 aliphatic heterocycles. The third kappa shape index (κ3) is 3.41. The van der Waals surface area contributed by atoms with Crippen LogP contribution in [0.25, 0.3) is 11.1 Å². The largest absolute Gasteiger partial charge is 0.497 e. The molecule has 1 atom stereocenters. The van der Waals surface area contributed by atoms with Gasteiger partial charge in [0.05, 0.1) is 13.2 Å². The van der Waals surface area contributed by atoms with Crippen LogP contribution >= 0.6 is 0 Å². The lowest BCUT2D eigenvalue weighted by Gasteiger charge is -2.30. The van der Waals surface area contributed by atoms with Crippen LogP contribution < -0.4 is 4.74 Å². The highest BCUT2D eigenvalue weighted by atomic mass is 19.1. The Kier molecular flexibility index (Phi) is 4.81. The van der Waals surface area contributed by atoms with Gasteiger partial charge in [-0.25, -0.2) is 4.39 Å². The Balaban J connectivity index is 1.87. The van der Waals surface area contributed by atoms with Crippen LogP contribution in [0.4, 0.5) is 4.39 Å². The standard InChI is InChI=1S/C19H20FNO3/c1-24-16-7-8-17(18(20)11-16)13-4-2-5-14(10-13)19(23)21-9-3-6-15(22)12-21/h2,4-5,7-8,10-11,15,22H,3,6,9,12H2,1H3/t15-/m1/s1. The molecule has 1 amide bonds. The van der Waals surface area contributed by atoms with E-state index in [9.17, 15) is 14.3 Å². The molecule has 0 aliphatic carbocycles. The Hall–Kier alpha value is -2.40. The molecular formula is C19H20FNO3. The lowest BCUT2D eigenvalue weighted by molar-refractivity contribution is 0.0474. The van der Waals surface area contributed by atoms with Crippen molar-refractivity contribution in [3.63, 3.8) is 0 Å². The molecular weight excluding hydrogens is 309 g/mol. The zero-order valence-electron chi connectivity index (χ0n) is 13.5. The maximum Gasteiger partial charge on any atom is 0.253 e. The first-order valence-electron chi connectivity index (χ1n) is 8.00. The van der Waals surface area contributed by atoms with Gasteiger partial charge >= 0.3 is 0 Å². The Labute approximate surface area is 140 Å². The van der Waals surface area contributed by atoms with E-state index in [1.54, 1.807) is 41.3 Å². The van der Waals surface area contributed by atoms with E-state index in [1.807, 2.05) is 0 Å². The summed E-state index contributed by atoms with van der Waals surface area (Å²) in [7, 11) is 1.49. The van der Waals surface area contributed by atoms with Crippen LogP contribution in [0, 0.1) is 5.82 Å². The molecule has 24 heavy (non-hydrogen) atoms. The first-order valence-corrected chi connectivity index (χ1v) is 8.00. The number of hydrogen-bond acceptors (Lipinski definition) is 3. The molecule has 4 nitrogen and oxygen atoms in total. The number of piperidine rings is 1. The van der Waals surface area contributed by atoms with Crippen LogP contribution in [0.5, 0.6) is 5.75 Å². The molecule has 1 aliphatic rings. The monoisotopic (exact) mass is 329 g/mol. The maximum absolute atomic E-state index is 14.3. The van der Waals surface area contributed by atoms with Gasteiger partial charge in [-0.3, -0.25) is 4.79 Å². The summed E-state index contributed by atoms with van der Waals surface area (Å²) in [6, 6.07) is 11.6. The highest BCUT2D eigenvalue weighted by molar-refractivity contribution is 5.95. The zero-order valence-corrected chi connectivity index (χ0v) is 13.5. The molecule has 0 radical (unpaired) electrons. The van der Waals surface area contributed by atoms with Gasteiger partial charge in [0.2, 0.25) is 0 Å². The van der Waals surface area contributed by atoms with Crippen molar-refractivity contribution in [1.82, 2.24) is 4.90 Å². The smallest absolute Gasteiger partial charge is 0.253 e. The van der Waals surface area contributed by atoms with Gasteiger partial charge in [0.15, 0.2) is 0 Å². The molecule has 2 aromatic carbocycles. The van der Waals surface area contributed by atoms with Gasteiger partial charge in [0.1, 0.15) is 11.6 Å². The number of aliphatic hydroxyl groups is 1. The van der Waals surface area contributed by atoms with Crippen LogP contribution in [-0.4, -0.2) is 42.2 Å². The van der Waals surface area contributed by atoms with Crippen molar-refractivity contribution in [1.29, 1.82) is 0 Å². The minimum Gasteiger partial charge on any atom is -0.497 e. The summed E-state index contributed by atoms with van der Waals surface area (Å²) >= 11 is 0. The molecule has 0 aromatic heterocycles. The lowest BCUT2D eigenvalue weighted by atomic mass is 10.0. The van der Waals surface area contributed by atoms with Gasteiger partial charge in [0.25, 0.3) is 5.91 Å². The van der Waals surface area contributed by atoms with E-state index in [-0.39, 0.29) is 5.91 Å². The van der Waals surface area contributed by atoms with Gasteiger partial charge in [-0.1, -0.05) is 12.1 Å². The second-order valence-electron chi connectivity index (χ2n) is 5.97. The van der Waals surface area contributed by atoms with E-state index < -0.39 is 11.9 Å². The number of carbonyl (C=O) groups excluding carboxylic acids is 1. The van der Waals surface area contributed by atoms with Gasteiger partial charge in [0, 0.05) is 30.3 Å². The number of β-amino-alcohol motifs (C(OH)–C–C–N with tert-alkyl or cyclic N) is 1.